The van der Waals surface area contributed by atoms with Gasteiger partial charge in [0.15, 0.2) is 0 Å². The first-order valence-electron chi connectivity index (χ1n) is 4.65. The minimum Gasteiger partial charge on any atom is -0.359 e. The van der Waals surface area contributed by atoms with E-state index >= 15 is 0 Å². The molecule has 0 bridgehead atoms. The van der Waals surface area contributed by atoms with E-state index in [1.165, 1.54) is 11.1 Å². The normalized spacial score (nSPS) is 9.77. The molecular weight excluding hydrogens is 158 g/mol. The zero-order valence-electron chi connectivity index (χ0n) is 8.65. The molecule has 0 saturated carbocycles. The highest BCUT2D eigenvalue weighted by molar-refractivity contribution is 5.51. The van der Waals surface area contributed by atoms with Gasteiger partial charge in [0.1, 0.15) is 0 Å². The van der Waals surface area contributed by atoms with Gasteiger partial charge in [-0.2, -0.15) is 0 Å². The van der Waals surface area contributed by atoms with E-state index in [9.17, 15) is 0 Å². The van der Waals surface area contributed by atoms with E-state index in [1.54, 1.807) is 0 Å². The summed E-state index contributed by atoms with van der Waals surface area (Å²) >= 11 is 0. The van der Waals surface area contributed by atoms with Crippen LogP contribution in [0.2, 0.25) is 0 Å². The van der Waals surface area contributed by atoms with Gasteiger partial charge in [-0.15, -0.1) is 0 Å². The molecule has 0 spiro atoms. The lowest BCUT2D eigenvalue weighted by Crippen LogP contribution is -1.97. The van der Waals surface area contributed by atoms with E-state index < -0.39 is 0 Å². The maximum atomic E-state index is 3.92. The third kappa shape index (κ3) is 2.94. The fourth-order valence-corrected chi connectivity index (χ4v) is 1.34. The van der Waals surface area contributed by atoms with Crippen LogP contribution in [-0.2, 0) is 0 Å². The molecule has 1 N–H and O–H groups in total. The standard InChI is InChI=1S/C12H17N/c1-5-11(4)13-12-7-9(2)6-10(3)8-12/h6-8,13H,4-5H2,1-3H3. The van der Waals surface area contributed by atoms with Gasteiger partial charge in [0.25, 0.3) is 0 Å². The van der Waals surface area contributed by atoms with Crippen LogP contribution in [0.25, 0.3) is 0 Å². The molecule has 1 heteroatoms. The Balaban J connectivity index is 2.83. The highest BCUT2D eigenvalue weighted by atomic mass is 14.9. The summed E-state index contributed by atoms with van der Waals surface area (Å²) in [6.45, 7) is 10.2. The molecule has 13 heavy (non-hydrogen) atoms. The van der Waals surface area contributed by atoms with Crippen molar-refractivity contribution in [2.45, 2.75) is 27.2 Å². The molecule has 1 aromatic rings. The second-order valence-corrected chi connectivity index (χ2v) is 3.46. The average Bonchev–Trinajstić information content (AvgIpc) is 2.02. The molecule has 0 aliphatic heterocycles. The Morgan fingerprint density at radius 3 is 2.23 bits per heavy atom. The van der Waals surface area contributed by atoms with Gasteiger partial charge in [0.05, 0.1) is 0 Å². The van der Waals surface area contributed by atoms with Crippen LogP contribution in [0, 0.1) is 13.8 Å². The number of hydrogen-bond donors (Lipinski definition) is 1. The van der Waals surface area contributed by atoms with Gasteiger partial charge >= 0.3 is 0 Å². The predicted octanol–water partition coefficient (Wildman–Crippen LogP) is 3.64. The Morgan fingerprint density at radius 2 is 1.77 bits per heavy atom. The van der Waals surface area contributed by atoms with Crippen molar-refractivity contribution in [3.63, 3.8) is 0 Å². The van der Waals surface area contributed by atoms with Crippen LogP contribution in [0.5, 0.6) is 0 Å². The third-order valence-corrected chi connectivity index (χ3v) is 1.97. The van der Waals surface area contributed by atoms with Gasteiger partial charge in [0.2, 0.25) is 0 Å². The molecule has 1 nitrogen and oxygen atoms in total. The number of rotatable bonds is 3. The first-order chi connectivity index (χ1) is 6.11. The molecule has 0 unspecified atom stereocenters. The van der Waals surface area contributed by atoms with Crippen molar-refractivity contribution < 1.29 is 0 Å². The van der Waals surface area contributed by atoms with Crippen LogP contribution in [0.15, 0.2) is 30.5 Å². The van der Waals surface area contributed by atoms with Crippen LogP contribution >= 0.6 is 0 Å². The molecule has 0 radical (unpaired) electrons. The zero-order chi connectivity index (χ0) is 9.84. The second kappa shape index (κ2) is 4.13. The Kier molecular flexibility index (Phi) is 3.13. The van der Waals surface area contributed by atoms with E-state index in [0.29, 0.717) is 0 Å². The number of aryl methyl sites for hydroxylation is 2. The molecular formula is C12H17N. The van der Waals surface area contributed by atoms with Crippen molar-refractivity contribution in [3.05, 3.63) is 41.6 Å². The monoisotopic (exact) mass is 175 g/mol. The van der Waals surface area contributed by atoms with Gasteiger partial charge in [-0.25, -0.2) is 0 Å². The molecule has 0 atom stereocenters. The molecule has 0 fully saturated rings. The van der Waals surface area contributed by atoms with E-state index in [-0.39, 0.29) is 0 Å². The molecule has 0 aliphatic carbocycles. The van der Waals surface area contributed by atoms with Gasteiger partial charge < -0.3 is 5.32 Å². The van der Waals surface area contributed by atoms with Crippen LogP contribution in [0.1, 0.15) is 24.5 Å². The van der Waals surface area contributed by atoms with Crippen molar-refractivity contribution in [2.24, 2.45) is 0 Å². The third-order valence-electron chi connectivity index (χ3n) is 1.97. The van der Waals surface area contributed by atoms with E-state index in [1.807, 2.05) is 0 Å². The smallest absolute Gasteiger partial charge is 0.0386 e. The fraction of sp³-hybridized carbons (Fsp3) is 0.333. The second-order valence-electron chi connectivity index (χ2n) is 3.46. The summed E-state index contributed by atoms with van der Waals surface area (Å²) in [5, 5.41) is 3.28. The summed E-state index contributed by atoms with van der Waals surface area (Å²) in [7, 11) is 0. The van der Waals surface area contributed by atoms with Gasteiger partial charge in [-0.3, -0.25) is 0 Å². The lowest BCUT2D eigenvalue weighted by molar-refractivity contribution is 1.11. The summed E-state index contributed by atoms with van der Waals surface area (Å²) in [6.07, 6.45) is 0.965. The van der Waals surface area contributed by atoms with Crippen molar-refractivity contribution >= 4 is 5.69 Å². The number of nitrogens with one attached hydrogen (secondary N) is 1. The topological polar surface area (TPSA) is 12.0 Å². The fourth-order valence-electron chi connectivity index (χ4n) is 1.34. The quantitative estimate of drug-likeness (QED) is 0.739. The van der Waals surface area contributed by atoms with Crippen molar-refractivity contribution in [1.82, 2.24) is 0 Å². The Morgan fingerprint density at radius 1 is 1.23 bits per heavy atom. The molecule has 0 aliphatic rings. The number of hydrogen-bond acceptors (Lipinski definition) is 1. The maximum absolute atomic E-state index is 3.92. The first-order valence-corrected chi connectivity index (χ1v) is 4.65. The first kappa shape index (κ1) is 9.85. The van der Waals surface area contributed by atoms with Gasteiger partial charge in [-0.05, 0) is 43.5 Å². The van der Waals surface area contributed by atoms with Crippen molar-refractivity contribution in [2.75, 3.05) is 5.32 Å². The lowest BCUT2D eigenvalue weighted by Gasteiger charge is -2.09. The summed E-state index contributed by atoms with van der Waals surface area (Å²) in [4.78, 5) is 0. The Hall–Kier alpha value is -1.24. The predicted molar refractivity (Wildman–Crippen MR) is 59.0 cm³/mol. The van der Waals surface area contributed by atoms with Crippen LogP contribution in [0.3, 0.4) is 0 Å². The number of allylic oxidation sites excluding steroid dienone is 1. The molecule has 1 aromatic carbocycles. The van der Waals surface area contributed by atoms with E-state index in [0.717, 1.165) is 17.8 Å². The van der Waals surface area contributed by atoms with Crippen molar-refractivity contribution in [1.29, 1.82) is 0 Å². The molecule has 0 saturated heterocycles. The summed E-state index contributed by atoms with van der Waals surface area (Å²) in [6, 6.07) is 6.43. The largest absolute Gasteiger partial charge is 0.359 e. The van der Waals surface area contributed by atoms with Gasteiger partial charge in [-0.1, -0.05) is 19.6 Å². The molecule has 0 heterocycles. The van der Waals surface area contributed by atoms with Crippen LogP contribution in [-0.4, -0.2) is 0 Å². The summed E-state index contributed by atoms with van der Waals surface area (Å²) in [5.74, 6) is 0. The van der Waals surface area contributed by atoms with Crippen molar-refractivity contribution in [3.8, 4) is 0 Å². The van der Waals surface area contributed by atoms with Gasteiger partial charge in [0, 0.05) is 11.4 Å². The number of anilines is 1. The number of benzene rings is 1. The SMILES string of the molecule is C=C(CC)Nc1cc(C)cc(C)c1. The van der Waals surface area contributed by atoms with E-state index in [2.05, 4.69) is 50.9 Å². The summed E-state index contributed by atoms with van der Waals surface area (Å²) < 4.78 is 0. The van der Waals surface area contributed by atoms with Crippen LogP contribution in [0.4, 0.5) is 5.69 Å². The van der Waals surface area contributed by atoms with E-state index in [4.69, 9.17) is 0 Å². The minimum absolute atomic E-state index is 0.965. The molecule has 1 rings (SSSR count). The summed E-state index contributed by atoms with van der Waals surface area (Å²) in [5.41, 5.74) is 4.77. The zero-order valence-corrected chi connectivity index (χ0v) is 8.65. The molecule has 0 amide bonds. The lowest BCUT2D eigenvalue weighted by atomic mass is 10.1. The Labute approximate surface area is 80.5 Å². The highest BCUT2D eigenvalue weighted by Crippen LogP contribution is 2.15. The Bertz CT molecular complexity index is 293. The average molecular weight is 175 g/mol. The molecule has 70 valence electrons. The highest BCUT2D eigenvalue weighted by Gasteiger charge is 1.95. The van der Waals surface area contributed by atoms with Crippen LogP contribution < -0.4 is 5.32 Å². The molecule has 0 aromatic heterocycles. The maximum Gasteiger partial charge on any atom is 0.0386 e. The minimum atomic E-state index is 0.965.